The van der Waals surface area contributed by atoms with Crippen LogP contribution in [0.25, 0.3) is 33.2 Å². The molecule has 0 saturated carbocycles. The molecule has 1 saturated heterocycles. The highest BCUT2D eigenvalue weighted by molar-refractivity contribution is 6.30. The third-order valence-corrected chi connectivity index (χ3v) is 6.90. The Balaban J connectivity index is 1.59. The predicted molar refractivity (Wildman–Crippen MR) is 137 cm³/mol. The van der Waals surface area contributed by atoms with E-state index in [1.807, 2.05) is 48.8 Å². The number of esters is 1. The largest absolute Gasteiger partial charge is 0.465 e. The summed E-state index contributed by atoms with van der Waals surface area (Å²) >= 11 is 6.08. The Morgan fingerprint density at radius 2 is 1.74 bits per heavy atom. The molecule has 174 valence electrons. The van der Waals surface area contributed by atoms with Gasteiger partial charge in [0, 0.05) is 64.3 Å². The summed E-state index contributed by atoms with van der Waals surface area (Å²) < 4.78 is 7.38. The lowest BCUT2D eigenvalue weighted by Crippen LogP contribution is -2.32. The molecule has 0 radical (unpaired) electrons. The molecule has 2 aromatic heterocycles. The Bertz CT molecular complexity index is 1310. The van der Waals surface area contributed by atoms with Gasteiger partial charge < -0.3 is 14.2 Å². The second-order valence-corrected chi connectivity index (χ2v) is 9.24. The van der Waals surface area contributed by atoms with Gasteiger partial charge in [0.05, 0.1) is 12.7 Å². The Morgan fingerprint density at radius 1 is 0.971 bits per heavy atom. The minimum absolute atomic E-state index is 0.331. The number of carbonyl (C=O) groups is 1. The standard InChI is InChI=1S/C28H28ClN3O2/c1-34-28(33)24-6-5-7-26-27(24)25(19-32(26)15-14-31-12-3-2-4-13-31)22-16-21(17-30-18-22)20-8-10-23(29)11-9-20/h5-11,16-19H,2-4,12-15H2,1H3. The fraction of sp³-hybridized carbons (Fsp3) is 0.286. The van der Waals surface area contributed by atoms with Crippen LogP contribution in [0.1, 0.15) is 29.6 Å². The van der Waals surface area contributed by atoms with Gasteiger partial charge in [0.2, 0.25) is 0 Å². The monoisotopic (exact) mass is 473 g/mol. The van der Waals surface area contributed by atoms with Gasteiger partial charge in [-0.3, -0.25) is 4.98 Å². The summed E-state index contributed by atoms with van der Waals surface area (Å²) in [5, 5.41) is 1.61. The average Bonchev–Trinajstić information content (AvgIpc) is 3.27. The van der Waals surface area contributed by atoms with Crippen LogP contribution in [0.4, 0.5) is 0 Å². The van der Waals surface area contributed by atoms with Crippen molar-refractivity contribution in [2.24, 2.45) is 0 Å². The second kappa shape index (κ2) is 10.00. The summed E-state index contributed by atoms with van der Waals surface area (Å²) in [5.74, 6) is -0.331. The van der Waals surface area contributed by atoms with Crippen molar-refractivity contribution < 1.29 is 9.53 Å². The van der Waals surface area contributed by atoms with Gasteiger partial charge in [-0.05, 0) is 61.8 Å². The predicted octanol–water partition coefficient (Wildman–Crippen LogP) is 6.30. The summed E-state index contributed by atoms with van der Waals surface area (Å²) in [6, 6.07) is 15.7. The van der Waals surface area contributed by atoms with Gasteiger partial charge in [-0.15, -0.1) is 0 Å². The van der Waals surface area contributed by atoms with E-state index in [1.165, 1.54) is 26.4 Å². The Hall–Kier alpha value is -3.15. The van der Waals surface area contributed by atoms with Crippen LogP contribution in [-0.4, -0.2) is 47.2 Å². The number of methoxy groups -OCH3 is 1. The van der Waals surface area contributed by atoms with E-state index in [9.17, 15) is 4.79 Å². The topological polar surface area (TPSA) is 47.4 Å². The smallest absolute Gasteiger partial charge is 0.338 e. The SMILES string of the molecule is COC(=O)c1cccc2c1c(-c1cncc(-c3ccc(Cl)cc3)c1)cn2CCN1CCCCC1. The number of rotatable bonds is 6. The molecule has 1 fully saturated rings. The number of halogens is 1. The van der Waals surface area contributed by atoms with Gasteiger partial charge in [-0.2, -0.15) is 0 Å². The highest BCUT2D eigenvalue weighted by atomic mass is 35.5. The lowest BCUT2D eigenvalue weighted by Gasteiger charge is -2.26. The molecule has 0 amide bonds. The second-order valence-electron chi connectivity index (χ2n) is 8.80. The van der Waals surface area contributed by atoms with Crippen LogP contribution in [0.2, 0.25) is 5.02 Å². The molecule has 1 aliphatic heterocycles. The molecule has 0 bridgehead atoms. The van der Waals surface area contributed by atoms with E-state index in [4.69, 9.17) is 16.3 Å². The van der Waals surface area contributed by atoms with E-state index >= 15 is 0 Å². The molecular weight excluding hydrogens is 446 g/mol. The molecule has 34 heavy (non-hydrogen) atoms. The summed E-state index contributed by atoms with van der Waals surface area (Å²) in [6.45, 7) is 4.18. The third kappa shape index (κ3) is 4.59. The molecule has 0 unspecified atom stereocenters. The molecule has 5 nitrogen and oxygen atoms in total. The fourth-order valence-corrected chi connectivity index (χ4v) is 4.98. The minimum atomic E-state index is -0.331. The van der Waals surface area contributed by atoms with Crippen LogP contribution >= 0.6 is 11.6 Å². The van der Waals surface area contributed by atoms with Crippen LogP contribution in [0.3, 0.4) is 0 Å². The zero-order valence-electron chi connectivity index (χ0n) is 19.3. The molecule has 1 aliphatic rings. The molecular formula is C28H28ClN3O2. The van der Waals surface area contributed by atoms with Gasteiger partial charge in [-0.1, -0.05) is 36.2 Å². The van der Waals surface area contributed by atoms with Crippen LogP contribution < -0.4 is 0 Å². The van der Waals surface area contributed by atoms with Crippen molar-refractivity contribution >= 4 is 28.5 Å². The molecule has 0 atom stereocenters. The number of benzene rings is 2. The fourth-order valence-electron chi connectivity index (χ4n) is 4.86. The first kappa shape index (κ1) is 22.6. The number of fused-ring (bicyclic) bond motifs is 1. The van der Waals surface area contributed by atoms with Gasteiger partial charge >= 0.3 is 5.97 Å². The van der Waals surface area contributed by atoms with Gasteiger partial charge in [0.15, 0.2) is 0 Å². The van der Waals surface area contributed by atoms with Crippen molar-refractivity contribution in [1.29, 1.82) is 0 Å². The van der Waals surface area contributed by atoms with E-state index in [2.05, 4.69) is 32.8 Å². The number of piperidine rings is 1. The Labute approximate surface area is 204 Å². The maximum atomic E-state index is 12.7. The molecule has 2 aromatic carbocycles. The number of nitrogens with zero attached hydrogens (tertiary/aromatic N) is 3. The van der Waals surface area contributed by atoms with Crippen molar-refractivity contribution in [3.8, 4) is 22.3 Å². The maximum absolute atomic E-state index is 12.7. The first-order chi connectivity index (χ1) is 16.6. The Morgan fingerprint density at radius 3 is 2.50 bits per heavy atom. The molecule has 0 N–H and O–H groups in total. The summed E-state index contributed by atoms with van der Waals surface area (Å²) in [6.07, 6.45) is 9.73. The molecule has 0 aliphatic carbocycles. The van der Waals surface area contributed by atoms with E-state index in [-0.39, 0.29) is 5.97 Å². The molecule has 6 heteroatoms. The number of hydrogen-bond donors (Lipinski definition) is 0. The average molecular weight is 474 g/mol. The molecule has 0 spiro atoms. The van der Waals surface area contributed by atoms with Crippen molar-refractivity contribution in [3.63, 3.8) is 0 Å². The highest BCUT2D eigenvalue weighted by Crippen LogP contribution is 2.35. The van der Waals surface area contributed by atoms with E-state index in [1.54, 1.807) is 0 Å². The van der Waals surface area contributed by atoms with Crippen LogP contribution in [0.15, 0.2) is 67.1 Å². The van der Waals surface area contributed by atoms with E-state index in [0.29, 0.717) is 10.6 Å². The zero-order valence-corrected chi connectivity index (χ0v) is 20.1. The summed E-state index contributed by atoms with van der Waals surface area (Å²) in [4.78, 5) is 19.7. The van der Waals surface area contributed by atoms with E-state index < -0.39 is 0 Å². The minimum Gasteiger partial charge on any atom is -0.465 e. The van der Waals surface area contributed by atoms with E-state index in [0.717, 1.165) is 59.3 Å². The lowest BCUT2D eigenvalue weighted by molar-refractivity contribution is 0.0603. The zero-order chi connectivity index (χ0) is 23.5. The quantitative estimate of drug-likeness (QED) is 0.308. The van der Waals surface area contributed by atoms with Crippen molar-refractivity contribution in [2.75, 3.05) is 26.7 Å². The summed E-state index contributed by atoms with van der Waals surface area (Å²) in [7, 11) is 1.43. The lowest BCUT2D eigenvalue weighted by atomic mass is 9.99. The molecule has 4 aromatic rings. The van der Waals surface area contributed by atoms with Crippen molar-refractivity contribution in [1.82, 2.24) is 14.5 Å². The number of pyridine rings is 1. The van der Waals surface area contributed by atoms with Crippen LogP contribution in [0, 0.1) is 0 Å². The third-order valence-electron chi connectivity index (χ3n) is 6.64. The summed E-state index contributed by atoms with van der Waals surface area (Å²) in [5.41, 5.74) is 5.60. The number of aromatic nitrogens is 2. The number of carbonyl (C=O) groups excluding carboxylic acids is 1. The van der Waals surface area contributed by atoms with Gasteiger partial charge in [0.1, 0.15) is 0 Å². The Kier molecular flexibility index (Phi) is 6.66. The number of likely N-dealkylation sites (tertiary alicyclic amines) is 1. The van der Waals surface area contributed by atoms with Crippen LogP contribution in [0.5, 0.6) is 0 Å². The first-order valence-corrected chi connectivity index (χ1v) is 12.2. The first-order valence-electron chi connectivity index (χ1n) is 11.8. The van der Waals surface area contributed by atoms with Gasteiger partial charge in [-0.25, -0.2) is 4.79 Å². The maximum Gasteiger partial charge on any atom is 0.338 e. The normalized spacial score (nSPS) is 14.4. The van der Waals surface area contributed by atoms with Crippen LogP contribution in [-0.2, 0) is 11.3 Å². The van der Waals surface area contributed by atoms with Gasteiger partial charge in [0.25, 0.3) is 0 Å². The highest BCUT2D eigenvalue weighted by Gasteiger charge is 2.20. The number of hydrogen-bond acceptors (Lipinski definition) is 4. The number of ether oxygens (including phenoxy) is 1. The van der Waals surface area contributed by atoms with Crippen molar-refractivity contribution in [2.45, 2.75) is 25.8 Å². The van der Waals surface area contributed by atoms with Crippen molar-refractivity contribution in [3.05, 3.63) is 77.7 Å². The molecule has 5 rings (SSSR count). The molecule has 3 heterocycles.